The van der Waals surface area contributed by atoms with Gasteiger partial charge in [0.05, 0.1) is 24.4 Å². The van der Waals surface area contributed by atoms with Gasteiger partial charge in [0.2, 0.25) is 5.91 Å². The molecule has 23 heavy (non-hydrogen) atoms. The first-order valence-electron chi connectivity index (χ1n) is 8.22. The molecule has 0 unspecified atom stereocenters. The molecule has 0 spiro atoms. The van der Waals surface area contributed by atoms with Gasteiger partial charge in [-0.1, -0.05) is 0 Å². The molecule has 1 aromatic rings. The normalized spacial score (nSPS) is 29.4. The van der Waals surface area contributed by atoms with Crippen molar-refractivity contribution in [3.8, 4) is 0 Å². The summed E-state index contributed by atoms with van der Waals surface area (Å²) in [6, 6.07) is 0.245. The molecule has 2 amide bonds. The maximum absolute atomic E-state index is 12.1. The predicted octanol–water partition coefficient (Wildman–Crippen LogP) is 0.375. The molecule has 1 N–H and O–H groups in total. The zero-order valence-corrected chi connectivity index (χ0v) is 12.9. The van der Waals surface area contributed by atoms with Crippen LogP contribution >= 0.6 is 0 Å². The number of carbonyl (C=O) groups excluding carboxylic acids is 2. The Kier molecular flexibility index (Phi) is 3.72. The number of nitrogens with one attached hydrogen (secondary N) is 1. The van der Waals surface area contributed by atoms with Gasteiger partial charge in [0.15, 0.2) is 0 Å². The minimum Gasteiger partial charge on any atom is -0.369 e. The molecule has 2 saturated heterocycles. The Hall–Kier alpha value is -2.02. The van der Waals surface area contributed by atoms with E-state index in [9.17, 15) is 9.59 Å². The monoisotopic (exact) mass is 316 g/mol. The van der Waals surface area contributed by atoms with Crippen molar-refractivity contribution < 1.29 is 14.3 Å². The van der Waals surface area contributed by atoms with E-state index in [0.29, 0.717) is 24.7 Å². The van der Waals surface area contributed by atoms with Gasteiger partial charge in [-0.3, -0.25) is 14.6 Å². The van der Waals surface area contributed by atoms with E-state index in [1.165, 1.54) is 18.6 Å². The van der Waals surface area contributed by atoms with Gasteiger partial charge in [-0.2, -0.15) is 0 Å². The van der Waals surface area contributed by atoms with Gasteiger partial charge in [-0.15, -0.1) is 0 Å². The summed E-state index contributed by atoms with van der Waals surface area (Å²) >= 11 is 0. The van der Waals surface area contributed by atoms with Crippen LogP contribution in [0.2, 0.25) is 0 Å². The Morgan fingerprint density at radius 2 is 2.13 bits per heavy atom. The van der Waals surface area contributed by atoms with Gasteiger partial charge in [-0.05, 0) is 25.7 Å². The van der Waals surface area contributed by atoms with Gasteiger partial charge in [0.1, 0.15) is 5.69 Å². The number of aromatic nitrogens is 2. The van der Waals surface area contributed by atoms with E-state index in [1.54, 1.807) is 0 Å². The van der Waals surface area contributed by atoms with Crippen LogP contribution in [0.4, 0.5) is 0 Å². The Bertz CT molecular complexity index is 605. The van der Waals surface area contributed by atoms with Crippen LogP contribution in [0.15, 0.2) is 18.6 Å². The molecule has 3 heterocycles. The van der Waals surface area contributed by atoms with Crippen molar-refractivity contribution >= 4 is 11.8 Å². The van der Waals surface area contributed by atoms with Crippen LogP contribution in [0, 0.1) is 5.92 Å². The topological polar surface area (TPSA) is 84.4 Å². The number of carbonyl (C=O) groups is 2. The molecule has 1 saturated carbocycles. The second kappa shape index (κ2) is 5.88. The molecule has 1 aromatic heterocycles. The first-order valence-corrected chi connectivity index (χ1v) is 8.22. The standard InChI is InChI=1S/C16H20N4O3/c21-15(12-8-17-5-6-18-12)19-7-11-3-4-13-14(23-11)9-20(13)16(22)10-1-2-10/h5-6,8,10-11,13-14H,1-4,7,9H2,(H,19,21)/t11-,13+,14+/m0/s1. The number of hydrogen-bond donors (Lipinski definition) is 1. The Morgan fingerprint density at radius 1 is 1.26 bits per heavy atom. The quantitative estimate of drug-likeness (QED) is 0.868. The summed E-state index contributed by atoms with van der Waals surface area (Å²) in [5.74, 6) is 0.354. The Balaban J connectivity index is 1.24. The number of hydrogen-bond acceptors (Lipinski definition) is 5. The van der Waals surface area contributed by atoms with Crippen LogP contribution in [0.1, 0.15) is 36.2 Å². The molecular weight excluding hydrogens is 296 g/mol. The fourth-order valence-electron chi connectivity index (χ4n) is 3.34. The Morgan fingerprint density at radius 3 is 2.83 bits per heavy atom. The molecule has 0 bridgehead atoms. The fraction of sp³-hybridized carbons (Fsp3) is 0.625. The third kappa shape index (κ3) is 2.93. The van der Waals surface area contributed by atoms with E-state index in [0.717, 1.165) is 25.7 Å². The number of nitrogens with zero attached hydrogens (tertiary/aromatic N) is 3. The van der Waals surface area contributed by atoms with E-state index in [4.69, 9.17) is 4.74 Å². The fourth-order valence-corrected chi connectivity index (χ4v) is 3.34. The van der Waals surface area contributed by atoms with E-state index < -0.39 is 0 Å². The second-order valence-electron chi connectivity index (χ2n) is 6.51. The van der Waals surface area contributed by atoms with E-state index >= 15 is 0 Å². The van der Waals surface area contributed by atoms with Crippen LogP contribution in [0.25, 0.3) is 0 Å². The zero-order chi connectivity index (χ0) is 15.8. The largest absolute Gasteiger partial charge is 0.369 e. The molecule has 4 rings (SSSR count). The highest BCUT2D eigenvalue weighted by atomic mass is 16.5. The van der Waals surface area contributed by atoms with Gasteiger partial charge < -0.3 is 15.0 Å². The molecule has 0 radical (unpaired) electrons. The van der Waals surface area contributed by atoms with Crippen molar-refractivity contribution in [3.05, 3.63) is 24.3 Å². The molecule has 3 fully saturated rings. The van der Waals surface area contributed by atoms with Gasteiger partial charge in [0, 0.05) is 31.4 Å². The lowest BCUT2D eigenvalue weighted by Gasteiger charge is -2.52. The van der Waals surface area contributed by atoms with Crippen LogP contribution in [0.5, 0.6) is 0 Å². The maximum atomic E-state index is 12.1. The summed E-state index contributed by atoms with van der Waals surface area (Å²) < 4.78 is 6.01. The highest BCUT2D eigenvalue weighted by Gasteiger charge is 2.49. The molecule has 1 aliphatic carbocycles. The lowest BCUT2D eigenvalue weighted by Crippen LogP contribution is -2.66. The molecule has 122 valence electrons. The van der Waals surface area contributed by atoms with E-state index in [-0.39, 0.29) is 30.1 Å². The molecule has 0 aromatic carbocycles. The SMILES string of the molecule is O=C(NC[C@@H]1CC[C@@H]2[C@@H](CN2C(=O)C2CC2)O1)c1cnccn1. The van der Waals surface area contributed by atoms with Gasteiger partial charge in [0.25, 0.3) is 5.91 Å². The number of ether oxygens (including phenoxy) is 1. The van der Waals surface area contributed by atoms with E-state index in [1.807, 2.05) is 4.90 Å². The summed E-state index contributed by atoms with van der Waals surface area (Å²) in [4.78, 5) is 33.9. The van der Waals surface area contributed by atoms with Crippen molar-refractivity contribution in [1.82, 2.24) is 20.2 Å². The number of fused-ring (bicyclic) bond motifs is 1. The molecule has 3 aliphatic rings. The van der Waals surface area contributed by atoms with Crippen LogP contribution in [-0.2, 0) is 9.53 Å². The van der Waals surface area contributed by atoms with Crippen LogP contribution < -0.4 is 5.32 Å². The lowest BCUT2D eigenvalue weighted by molar-refractivity contribution is -0.182. The van der Waals surface area contributed by atoms with Crippen molar-refractivity contribution in [2.45, 2.75) is 43.9 Å². The van der Waals surface area contributed by atoms with Gasteiger partial charge >= 0.3 is 0 Å². The first-order chi connectivity index (χ1) is 11.2. The second-order valence-corrected chi connectivity index (χ2v) is 6.51. The summed E-state index contributed by atoms with van der Waals surface area (Å²) in [6.45, 7) is 1.17. The third-order valence-corrected chi connectivity index (χ3v) is 4.85. The van der Waals surface area contributed by atoms with Crippen molar-refractivity contribution in [3.63, 3.8) is 0 Å². The minimum atomic E-state index is -0.233. The van der Waals surface area contributed by atoms with Gasteiger partial charge in [-0.25, -0.2) is 4.98 Å². The van der Waals surface area contributed by atoms with Crippen LogP contribution in [-0.4, -0.2) is 58.0 Å². The molecule has 3 atom stereocenters. The highest BCUT2D eigenvalue weighted by molar-refractivity contribution is 5.91. The number of amides is 2. The molecular formula is C16H20N4O3. The predicted molar refractivity (Wildman–Crippen MR) is 80.5 cm³/mol. The summed E-state index contributed by atoms with van der Waals surface area (Å²) in [5.41, 5.74) is 0.311. The average Bonchev–Trinajstić information content (AvgIpc) is 3.40. The zero-order valence-electron chi connectivity index (χ0n) is 12.9. The highest BCUT2D eigenvalue weighted by Crippen LogP contribution is 2.38. The number of rotatable bonds is 4. The molecule has 7 nitrogen and oxygen atoms in total. The summed E-state index contributed by atoms with van der Waals surface area (Å²) in [7, 11) is 0. The smallest absolute Gasteiger partial charge is 0.271 e. The molecule has 2 aliphatic heterocycles. The first kappa shape index (κ1) is 14.6. The maximum Gasteiger partial charge on any atom is 0.271 e. The number of likely N-dealkylation sites (tertiary alicyclic amines) is 1. The van der Waals surface area contributed by atoms with Crippen molar-refractivity contribution in [2.75, 3.05) is 13.1 Å². The third-order valence-electron chi connectivity index (χ3n) is 4.85. The molecule has 7 heteroatoms. The minimum absolute atomic E-state index is 0.00930. The Labute approximate surface area is 134 Å². The van der Waals surface area contributed by atoms with Crippen molar-refractivity contribution in [2.24, 2.45) is 5.92 Å². The van der Waals surface area contributed by atoms with Crippen molar-refractivity contribution in [1.29, 1.82) is 0 Å². The lowest BCUT2D eigenvalue weighted by atomic mass is 9.89. The van der Waals surface area contributed by atoms with E-state index in [2.05, 4.69) is 15.3 Å². The summed E-state index contributed by atoms with van der Waals surface area (Å²) in [5, 5.41) is 2.84. The average molecular weight is 316 g/mol. The summed E-state index contributed by atoms with van der Waals surface area (Å²) in [6.07, 6.45) is 8.52. The van der Waals surface area contributed by atoms with Crippen LogP contribution in [0.3, 0.4) is 0 Å².